The molecule has 1 aromatic heterocycles. The minimum Gasteiger partial charge on any atom is -0.457 e. The molecule has 1 heterocycles. The number of aryl methyl sites for hydroxylation is 2. The highest BCUT2D eigenvalue weighted by Crippen LogP contribution is 2.24. The molecule has 40 heavy (non-hydrogen) atoms. The van der Waals surface area contributed by atoms with E-state index in [2.05, 4.69) is 26.1 Å². The number of hydrazone groups is 1. The van der Waals surface area contributed by atoms with Crippen LogP contribution < -0.4 is 25.9 Å². The number of hydrogen-bond acceptors (Lipinski definition) is 7. The Labute approximate surface area is 231 Å². The summed E-state index contributed by atoms with van der Waals surface area (Å²) >= 11 is 0. The molecule has 0 unspecified atom stereocenters. The molecule has 12 heteroatoms. The van der Waals surface area contributed by atoms with Crippen molar-refractivity contribution in [1.29, 1.82) is 0 Å². The number of pyridine rings is 1. The van der Waals surface area contributed by atoms with Crippen molar-refractivity contribution in [2.75, 3.05) is 10.6 Å². The van der Waals surface area contributed by atoms with Crippen LogP contribution in [0, 0.1) is 13.8 Å². The summed E-state index contributed by atoms with van der Waals surface area (Å²) in [6.45, 7) is 3.59. The van der Waals surface area contributed by atoms with Gasteiger partial charge in [-0.25, -0.2) is 23.8 Å². The lowest BCUT2D eigenvalue weighted by molar-refractivity contribution is 0.0949. The Bertz CT molecular complexity index is 1670. The molecule has 0 aliphatic rings. The fraction of sp³-hybridized carbons (Fsp3) is 0.0714. The fourth-order valence-corrected chi connectivity index (χ4v) is 4.30. The van der Waals surface area contributed by atoms with Crippen molar-refractivity contribution >= 4 is 39.6 Å². The zero-order chi connectivity index (χ0) is 28.7. The quantitative estimate of drug-likeness (QED) is 0.183. The maximum atomic E-state index is 12.4. The maximum absolute atomic E-state index is 12.4. The van der Waals surface area contributed by atoms with Crippen molar-refractivity contribution in [3.63, 3.8) is 0 Å². The summed E-state index contributed by atoms with van der Waals surface area (Å²) in [4.78, 5) is 28.8. The van der Waals surface area contributed by atoms with Crippen LogP contribution >= 0.6 is 0 Å². The van der Waals surface area contributed by atoms with E-state index in [1.165, 1.54) is 24.5 Å². The normalized spacial score (nSPS) is 11.2. The largest absolute Gasteiger partial charge is 0.457 e. The molecule has 0 radical (unpaired) electrons. The number of urea groups is 1. The number of benzene rings is 3. The number of nitrogens with one attached hydrogen (secondary N) is 3. The van der Waals surface area contributed by atoms with E-state index in [1.807, 2.05) is 31.2 Å². The van der Waals surface area contributed by atoms with Crippen LogP contribution in [0.4, 0.5) is 16.2 Å². The number of primary sulfonamides is 1. The molecule has 204 valence electrons. The first-order valence-corrected chi connectivity index (χ1v) is 13.5. The molecule has 0 bridgehead atoms. The lowest BCUT2D eigenvalue weighted by Crippen LogP contribution is -2.20. The van der Waals surface area contributed by atoms with Crippen LogP contribution in [0.25, 0.3) is 0 Å². The van der Waals surface area contributed by atoms with Gasteiger partial charge in [-0.2, -0.15) is 5.10 Å². The first kappa shape index (κ1) is 28.0. The number of aromatic nitrogens is 1. The second-order valence-corrected chi connectivity index (χ2v) is 10.2. The van der Waals surface area contributed by atoms with E-state index in [1.54, 1.807) is 49.4 Å². The van der Waals surface area contributed by atoms with Crippen molar-refractivity contribution in [3.05, 3.63) is 107 Å². The summed E-state index contributed by atoms with van der Waals surface area (Å²) in [6, 6.07) is 21.1. The second-order valence-electron chi connectivity index (χ2n) is 8.72. The molecular weight excluding hydrogens is 532 g/mol. The van der Waals surface area contributed by atoms with Crippen LogP contribution in [-0.4, -0.2) is 31.6 Å². The summed E-state index contributed by atoms with van der Waals surface area (Å²) in [6.07, 6.45) is 2.98. The molecule has 0 saturated carbocycles. The van der Waals surface area contributed by atoms with Crippen molar-refractivity contribution in [3.8, 4) is 11.5 Å². The predicted octanol–water partition coefficient (Wildman–Crippen LogP) is 4.55. The number of sulfonamides is 1. The first-order valence-electron chi connectivity index (χ1n) is 11.9. The van der Waals surface area contributed by atoms with Gasteiger partial charge in [-0.15, -0.1) is 0 Å². The Kier molecular flexibility index (Phi) is 8.52. The number of carbonyl (C=O) groups is 2. The Morgan fingerprint density at radius 2 is 1.55 bits per heavy atom. The average Bonchev–Trinajstić information content (AvgIpc) is 2.91. The highest BCUT2D eigenvalue weighted by Gasteiger charge is 2.13. The highest BCUT2D eigenvalue weighted by molar-refractivity contribution is 7.89. The zero-order valence-corrected chi connectivity index (χ0v) is 22.4. The van der Waals surface area contributed by atoms with E-state index in [-0.39, 0.29) is 16.3 Å². The number of ether oxygens (including phenoxy) is 1. The van der Waals surface area contributed by atoms with Crippen molar-refractivity contribution in [2.45, 2.75) is 18.7 Å². The number of anilines is 2. The van der Waals surface area contributed by atoms with Gasteiger partial charge in [0.1, 0.15) is 17.2 Å². The van der Waals surface area contributed by atoms with Gasteiger partial charge in [-0.1, -0.05) is 35.9 Å². The van der Waals surface area contributed by atoms with Gasteiger partial charge < -0.3 is 15.4 Å². The summed E-state index contributed by atoms with van der Waals surface area (Å²) in [5.41, 5.74) is 5.73. The number of hydrogen-bond donors (Lipinski definition) is 4. The van der Waals surface area contributed by atoms with Crippen LogP contribution in [0.3, 0.4) is 0 Å². The SMILES string of the molecule is Cc1ccc(C=NNC(=O)c2cc(Oc3ccc(NC(=O)Nc4ccc(C)c(S(N)(=O)=O)c4)cc3)ccn2)cc1. The molecule has 0 atom stereocenters. The van der Waals surface area contributed by atoms with Gasteiger partial charge in [0.05, 0.1) is 11.1 Å². The molecule has 0 fully saturated rings. The van der Waals surface area contributed by atoms with Crippen LogP contribution in [0.1, 0.15) is 27.2 Å². The number of carbonyl (C=O) groups excluding carboxylic acids is 2. The molecule has 0 saturated heterocycles. The monoisotopic (exact) mass is 558 g/mol. The molecule has 5 N–H and O–H groups in total. The van der Waals surface area contributed by atoms with Gasteiger partial charge in [0.25, 0.3) is 5.91 Å². The molecule has 0 aliphatic heterocycles. The molecule has 11 nitrogen and oxygen atoms in total. The minimum absolute atomic E-state index is 0.0708. The summed E-state index contributed by atoms with van der Waals surface area (Å²) in [7, 11) is -3.92. The summed E-state index contributed by atoms with van der Waals surface area (Å²) < 4.78 is 29.2. The van der Waals surface area contributed by atoms with Gasteiger partial charge in [0.15, 0.2) is 0 Å². The van der Waals surface area contributed by atoms with E-state index < -0.39 is 22.0 Å². The van der Waals surface area contributed by atoms with E-state index in [0.29, 0.717) is 22.7 Å². The predicted molar refractivity (Wildman–Crippen MR) is 152 cm³/mol. The van der Waals surface area contributed by atoms with E-state index in [9.17, 15) is 18.0 Å². The van der Waals surface area contributed by atoms with Crippen LogP contribution in [0.2, 0.25) is 0 Å². The topological polar surface area (TPSA) is 165 Å². The van der Waals surface area contributed by atoms with Gasteiger partial charge in [0.2, 0.25) is 10.0 Å². The van der Waals surface area contributed by atoms with Gasteiger partial charge in [-0.05, 0) is 67.4 Å². The fourth-order valence-electron chi connectivity index (χ4n) is 3.49. The van der Waals surface area contributed by atoms with Crippen molar-refractivity contribution in [2.24, 2.45) is 10.2 Å². The molecule has 0 aliphatic carbocycles. The standard InChI is InChI=1S/C28H26N6O5S/c1-18-3-6-20(7-4-18)17-31-34-27(35)25-16-24(13-14-30-25)39-23-11-9-21(10-12-23)32-28(36)33-22-8-5-19(2)26(15-22)40(29,37)38/h3-17H,1-2H3,(H,34,35)(H2,29,37,38)(H2,32,33,36). The van der Waals surface area contributed by atoms with E-state index in [4.69, 9.17) is 9.88 Å². The molecule has 3 aromatic carbocycles. The third kappa shape index (κ3) is 7.72. The number of nitrogens with two attached hydrogens (primary N) is 1. The number of rotatable bonds is 8. The third-order valence-electron chi connectivity index (χ3n) is 5.52. The van der Waals surface area contributed by atoms with Crippen LogP contribution in [0.5, 0.6) is 11.5 Å². The van der Waals surface area contributed by atoms with Crippen LogP contribution in [0.15, 0.2) is 95.1 Å². The Hall–Kier alpha value is -5.07. The van der Waals surface area contributed by atoms with Crippen LogP contribution in [-0.2, 0) is 10.0 Å². The van der Waals surface area contributed by atoms with Gasteiger partial charge in [-0.3, -0.25) is 9.78 Å². The molecular formula is C28H26N6O5S. The number of amides is 3. The third-order valence-corrected chi connectivity index (χ3v) is 6.57. The van der Waals surface area contributed by atoms with Crippen molar-refractivity contribution < 1.29 is 22.7 Å². The van der Waals surface area contributed by atoms with E-state index in [0.717, 1.165) is 11.1 Å². The number of nitrogens with zero attached hydrogens (tertiary/aromatic N) is 2. The Balaban J connectivity index is 1.33. The second kappa shape index (κ2) is 12.2. The van der Waals surface area contributed by atoms with Gasteiger partial charge >= 0.3 is 6.03 Å². The smallest absolute Gasteiger partial charge is 0.323 e. The summed E-state index contributed by atoms with van der Waals surface area (Å²) in [5.74, 6) is 0.340. The molecule has 3 amide bonds. The lowest BCUT2D eigenvalue weighted by Gasteiger charge is -2.11. The highest BCUT2D eigenvalue weighted by atomic mass is 32.2. The van der Waals surface area contributed by atoms with E-state index >= 15 is 0 Å². The maximum Gasteiger partial charge on any atom is 0.323 e. The average molecular weight is 559 g/mol. The molecule has 4 rings (SSSR count). The molecule has 0 spiro atoms. The zero-order valence-electron chi connectivity index (χ0n) is 21.6. The van der Waals surface area contributed by atoms with Gasteiger partial charge in [0, 0.05) is 23.6 Å². The van der Waals surface area contributed by atoms with Crippen molar-refractivity contribution in [1.82, 2.24) is 10.4 Å². The Morgan fingerprint density at radius 3 is 2.25 bits per heavy atom. The Morgan fingerprint density at radius 1 is 0.875 bits per heavy atom. The summed E-state index contributed by atoms with van der Waals surface area (Å²) in [5, 5.41) is 14.4. The lowest BCUT2D eigenvalue weighted by atomic mass is 10.2. The first-order chi connectivity index (χ1) is 19.1. The minimum atomic E-state index is -3.92. The molecule has 4 aromatic rings.